The van der Waals surface area contributed by atoms with Crippen molar-refractivity contribution >= 4 is 11.9 Å². The average Bonchev–Trinajstić information content (AvgIpc) is 3.24. The molecule has 0 radical (unpaired) electrons. The lowest BCUT2D eigenvalue weighted by atomic mass is 10.1. The Morgan fingerprint density at radius 1 is 1.26 bits per heavy atom. The fourth-order valence-electron chi connectivity index (χ4n) is 3.59. The van der Waals surface area contributed by atoms with Gasteiger partial charge in [-0.25, -0.2) is 0 Å². The van der Waals surface area contributed by atoms with Crippen LogP contribution in [0.5, 0.6) is 0 Å². The first-order chi connectivity index (χ1) is 13.2. The van der Waals surface area contributed by atoms with E-state index in [4.69, 9.17) is 9.47 Å². The summed E-state index contributed by atoms with van der Waals surface area (Å²) >= 11 is 0. The van der Waals surface area contributed by atoms with E-state index >= 15 is 0 Å². The summed E-state index contributed by atoms with van der Waals surface area (Å²) in [5.41, 5.74) is 1.72. The molecule has 2 atom stereocenters. The molecule has 1 amide bonds. The first-order valence-corrected chi connectivity index (χ1v) is 9.77. The topological polar surface area (TPSA) is 75.2 Å². The van der Waals surface area contributed by atoms with E-state index in [2.05, 4.69) is 20.5 Å². The number of benzene rings is 1. The van der Waals surface area contributed by atoms with Crippen molar-refractivity contribution in [2.75, 3.05) is 39.9 Å². The molecule has 27 heavy (non-hydrogen) atoms. The quantitative estimate of drug-likeness (QED) is 0.602. The Hall–Kier alpha value is -2.12. The number of carbonyl (C=O) groups is 1. The SMILES string of the molecule is CCNC(=O)c1cccc(CNC(=NC)N2CCOC(C3CCCO3)C2)c1. The Morgan fingerprint density at radius 2 is 2.11 bits per heavy atom. The van der Waals surface area contributed by atoms with Crippen LogP contribution in [0.15, 0.2) is 29.3 Å². The molecule has 2 N–H and O–H groups in total. The monoisotopic (exact) mass is 374 g/mol. The van der Waals surface area contributed by atoms with Crippen molar-refractivity contribution in [1.29, 1.82) is 0 Å². The summed E-state index contributed by atoms with van der Waals surface area (Å²) < 4.78 is 11.7. The minimum absolute atomic E-state index is 0.0451. The van der Waals surface area contributed by atoms with Gasteiger partial charge in [0.05, 0.1) is 12.7 Å². The summed E-state index contributed by atoms with van der Waals surface area (Å²) in [4.78, 5) is 18.7. The maximum Gasteiger partial charge on any atom is 0.251 e. The molecule has 3 rings (SSSR count). The number of nitrogens with one attached hydrogen (secondary N) is 2. The second-order valence-electron chi connectivity index (χ2n) is 6.87. The van der Waals surface area contributed by atoms with Gasteiger partial charge in [0.25, 0.3) is 5.91 Å². The number of rotatable bonds is 5. The van der Waals surface area contributed by atoms with Crippen LogP contribution >= 0.6 is 0 Å². The zero-order valence-corrected chi connectivity index (χ0v) is 16.2. The van der Waals surface area contributed by atoms with Crippen LogP contribution in [0.2, 0.25) is 0 Å². The second kappa shape index (κ2) is 9.71. The first kappa shape index (κ1) is 19.6. The molecule has 7 nitrogen and oxygen atoms in total. The molecular weight excluding hydrogens is 344 g/mol. The Kier molecular flexibility index (Phi) is 7.06. The molecule has 0 spiro atoms. The highest BCUT2D eigenvalue weighted by molar-refractivity contribution is 5.94. The van der Waals surface area contributed by atoms with Crippen LogP contribution in [0.1, 0.15) is 35.7 Å². The van der Waals surface area contributed by atoms with Crippen LogP contribution in [0.4, 0.5) is 0 Å². The third-order valence-electron chi connectivity index (χ3n) is 4.96. The Bertz CT molecular complexity index is 658. The third kappa shape index (κ3) is 5.20. The van der Waals surface area contributed by atoms with Crippen molar-refractivity contribution < 1.29 is 14.3 Å². The lowest BCUT2D eigenvalue weighted by Gasteiger charge is -2.37. The highest BCUT2D eigenvalue weighted by Gasteiger charge is 2.32. The normalized spacial score (nSPS) is 23.3. The molecule has 0 aromatic heterocycles. The maximum absolute atomic E-state index is 12.0. The predicted octanol–water partition coefficient (Wildman–Crippen LogP) is 1.39. The van der Waals surface area contributed by atoms with E-state index < -0.39 is 0 Å². The number of carbonyl (C=O) groups excluding carboxylic acids is 1. The molecule has 2 heterocycles. The average molecular weight is 374 g/mol. The van der Waals surface area contributed by atoms with Gasteiger partial charge in [0, 0.05) is 45.4 Å². The molecule has 1 aromatic rings. The smallest absolute Gasteiger partial charge is 0.251 e. The number of ether oxygens (including phenoxy) is 2. The van der Waals surface area contributed by atoms with Gasteiger partial charge in [0.2, 0.25) is 0 Å². The molecular formula is C20H30N4O3. The van der Waals surface area contributed by atoms with Gasteiger partial charge in [-0.05, 0) is 37.5 Å². The van der Waals surface area contributed by atoms with Crippen LogP contribution in [-0.2, 0) is 16.0 Å². The van der Waals surface area contributed by atoms with Crippen LogP contribution in [0, 0.1) is 0 Å². The number of hydrogen-bond donors (Lipinski definition) is 2. The van der Waals surface area contributed by atoms with Gasteiger partial charge in [-0.15, -0.1) is 0 Å². The fourth-order valence-corrected chi connectivity index (χ4v) is 3.59. The fraction of sp³-hybridized carbons (Fsp3) is 0.600. The summed E-state index contributed by atoms with van der Waals surface area (Å²) in [6.45, 7) is 6.25. The second-order valence-corrected chi connectivity index (χ2v) is 6.87. The highest BCUT2D eigenvalue weighted by atomic mass is 16.5. The van der Waals surface area contributed by atoms with Gasteiger partial charge in [-0.3, -0.25) is 9.79 Å². The zero-order chi connectivity index (χ0) is 19.1. The number of nitrogens with zero attached hydrogens (tertiary/aromatic N) is 2. The molecule has 7 heteroatoms. The van der Waals surface area contributed by atoms with Crippen molar-refractivity contribution in [2.24, 2.45) is 4.99 Å². The van der Waals surface area contributed by atoms with E-state index in [0.29, 0.717) is 25.3 Å². The van der Waals surface area contributed by atoms with Gasteiger partial charge in [-0.1, -0.05) is 12.1 Å². The lowest BCUT2D eigenvalue weighted by Crippen LogP contribution is -2.53. The van der Waals surface area contributed by atoms with Crippen molar-refractivity contribution in [3.05, 3.63) is 35.4 Å². The summed E-state index contributed by atoms with van der Waals surface area (Å²) in [5.74, 6) is 0.807. The molecule has 2 aliphatic rings. The molecule has 0 saturated carbocycles. The van der Waals surface area contributed by atoms with Gasteiger partial charge in [0.1, 0.15) is 6.10 Å². The van der Waals surface area contributed by atoms with E-state index in [1.807, 2.05) is 31.2 Å². The van der Waals surface area contributed by atoms with E-state index in [1.165, 1.54) is 0 Å². The van der Waals surface area contributed by atoms with Crippen molar-refractivity contribution in [2.45, 2.75) is 38.5 Å². The molecule has 2 fully saturated rings. The largest absolute Gasteiger partial charge is 0.375 e. The van der Waals surface area contributed by atoms with Crippen LogP contribution in [-0.4, -0.2) is 68.9 Å². The predicted molar refractivity (Wildman–Crippen MR) is 105 cm³/mol. The van der Waals surface area contributed by atoms with Gasteiger partial charge in [0.15, 0.2) is 5.96 Å². The minimum Gasteiger partial charge on any atom is -0.375 e. The minimum atomic E-state index is -0.0451. The molecule has 2 aliphatic heterocycles. The molecule has 2 saturated heterocycles. The lowest BCUT2D eigenvalue weighted by molar-refractivity contribution is -0.0817. The zero-order valence-electron chi connectivity index (χ0n) is 16.2. The van der Waals surface area contributed by atoms with Crippen LogP contribution in [0.3, 0.4) is 0 Å². The molecule has 1 aromatic carbocycles. The van der Waals surface area contributed by atoms with Gasteiger partial charge >= 0.3 is 0 Å². The van der Waals surface area contributed by atoms with Gasteiger partial charge in [-0.2, -0.15) is 0 Å². The van der Waals surface area contributed by atoms with Crippen molar-refractivity contribution in [3.8, 4) is 0 Å². The maximum atomic E-state index is 12.0. The molecule has 2 unspecified atom stereocenters. The summed E-state index contributed by atoms with van der Waals surface area (Å²) in [5, 5.41) is 6.24. The number of hydrogen-bond acceptors (Lipinski definition) is 4. The van der Waals surface area contributed by atoms with Crippen LogP contribution in [0.25, 0.3) is 0 Å². The number of amides is 1. The molecule has 0 aliphatic carbocycles. The standard InChI is InChI=1S/C20H30N4O3/c1-3-22-19(25)16-7-4-6-15(12-16)13-23-20(21-2)24-9-11-27-18(14-24)17-8-5-10-26-17/h4,6-7,12,17-18H,3,5,8-11,13-14H2,1-2H3,(H,21,23)(H,22,25). The first-order valence-electron chi connectivity index (χ1n) is 9.77. The van der Waals surface area contributed by atoms with Crippen LogP contribution < -0.4 is 10.6 Å². The van der Waals surface area contributed by atoms with E-state index in [1.54, 1.807) is 7.05 Å². The van der Waals surface area contributed by atoms with E-state index in [0.717, 1.165) is 44.1 Å². The molecule has 0 bridgehead atoms. The number of aliphatic imine (C=N–C) groups is 1. The summed E-state index contributed by atoms with van der Waals surface area (Å²) in [6.07, 6.45) is 2.47. The highest BCUT2D eigenvalue weighted by Crippen LogP contribution is 2.21. The Morgan fingerprint density at radius 3 is 2.85 bits per heavy atom. The number of guanidine groups is 1. The third-order valence-corrected chi connectivity index (χ3v) is 4.96. The Labute approximate surface area is 161 Å². The summed E-state index contributed by atoms with van der Waals surface area (Å²) in [6, 6.07) is 7.67. The van der Waals surface area contributed by atoms with E-state index in [9.17, 15) is 4.79 Å². The number of morpholine rings is 1. The summed E-state index contributed by atoms with van der Waals surface area (Å²) in [7, 11) is 1.80. The molecule has 148 valence electrons. The van der Waals surface area contributed by atoms with Gasteiger partial charge < -0.3 is 25.0 Å². The van der Waals surface area contributed by atoms with Crippen molar-refractivity contribution in [1.82, 2.24) is 15.5 Å². The van der Waals surface area contributed by atoms with Crippen molar-refractivity contribution in [3.63, 3.8) is 0 Å². The Balaban J connectivity index is 1.57. The van der Waals surface area contributed by atoms with E-state index in [-0.39, 0.29) is 18.1 Å².